The number of aromatic amines is 1. The van der Waals surface area contributed by atoms with Gasteiger partial charge in [0.05, 0.1) is 6.04 Å². The third kappa shape index (κ3) is 2.84. The average Bonchev–Trinajstić information content (AvgIpc) is 3.30. The zero-order valence-electron chi connectivity index (χ0n) is 14.2. The highest BCUT2D eigenvalue weighted by Crippen LogP contribution is 2.32. The van der Waals surface area contributed by atoms with Gasteiger partial charge in [0, 0.05) is 43.1 Å². The Hall–Kier alpha value is -2.89. The summed E-state index contributed by atoms with van der Waals surface area (Å²) in [4.78, 5) is 19.3. The van der Waals surface area contributed by atoms with Crippen molar-refractivity contribution in [1.82, 2.24) is 24.6 Å². The lowest BCUT2D eigenvalue weighted by molar-refractivity contribution is 0.0657. The lowest BCUT2D eigenvalue weighted by Gasteiger charge is -2.36. The molecule has 4 heterocycles. The van der Waals surface area contributed by atoms with Crippen LogP contribution in [0.2, 0.25) is 0 Å². The number of H-pyrrole nitrogens is 1. The minimum absolute atomic E-state index is 0.0418. The summed E-state index contributed by atoms with van der Waals surface area (Å²) in [5.74, 6) is -0.0418. The Labute approximate surface area is 146 Å². The molecule has 1 unspecified atom stereocenters. The van der Waals surface area contributed by atoms with E-state index in [1.807, 2.05) is 35.4 Å². The first-order valence-corrected chi connectivity index (χ1v) is 8.68. The molecule has 4 rings (SSSR count). The van der Waals surface area contributed by atoms with E-state index in [0.29, 0.717) is 12.2 Å². The quantitative estimate of drug-likeness (QED) is 0.797. The molecule has 0 bridgehead atoms. The first-order valence-electron chi connectivity index (χ1n) is 8.68. The number of nitrogens with zero attached hydrogens (tertiary/aromatic N) is 4. The van der Waals surface area contributed by atoms with Gasteiger partial charge in [-0.25, -0.2) is 0 Å². The molecule has 0 aliphatic carbocycles. The number of carbonyl (C=O) groups excluding carboxylic acids is 1. The number of amides is 1. The molecule has 3 aromatic rings. The monoisotopic (exact) mass is 335 g/mol. The Bertz CT molecular complexity index is 867. The summed E-state index contributed by atoms with van der Waals surface area (Å²) in [6.45, 7) is 3.55. The van der Waals surface area contributed by atoms with Crippen molar-refractivity contribution in [3.05, 3.63) is 71.6 Å². The first-order chi connectivity index (χ1) is 12.3. The molecule has 25 heavy (non-hydrogen) atoms. The SMILES string of the molecule is CCCc1cc(C(=O)N2CCn3cccc3C2c2cccnc2)n[nH]1. The van der Waals surface area contributed by atoms with E-state index in [0.717, 1.165) is 36.3 Å². The number of pyridine rings is 1. The Morgan fingerprint density at radius 2 is 2.24 bits per heavy atom. The zero-order valence-corrected chi connectivity index (χ0v) is 14.2. The molecule has 6 heteroatoms. The van der Waals surface area contributed by atoms with E-state index in [9.17, 15) is 4.79 Å². The maximum Gasteiger partial charge on any atom is 0.275 e. The molecule has 0 saturated heterocycles. The van der Waals surface area contributed by atoms with Crippen molar-refractivity contribution in [3.63, 3.8) is 0 Å². The molecule has 1 N–H and O–H groups in total. The van der Waals surface area contributed by atoms with Crippen molar-refractivity contribution in [1.29, 1.82) is 0 Å². The molecule has 0 aromatic carbocycles. The molecule has 1 aliphatic heterocycles. The van der Waals surface area contributed by atoms with Crippen LogP contribution in [0, 0.1) is 0 Å². The lowest BCUT2D eigenvalue weighted by Crippen LogP contribution is -2.42. The van der Waals surface area contributed by atoms with Crippen LogP contribution in [0.3, 0.4) is 0 Å². The van der Waals surface area contributed by atoms with Crippen LogP contribution in [0.15, 0.2) is 48.9 Å². The number of hydrogen-bond acceptors (Lipinski definition) is 3. The van der Waals surface area contributed by atoms with Crippen LogP contribution in [-0.2, 0) is 13.0 Å². The molecular formula is C19H21N5O. The van der Waals surface area contributed by atoms with Gasteiger partial charge >= 0.3 is 0 Å². The third-order valence-corrected chi connectivity index (χ3v) is 4.67. The van der Waals surface area contributed by atoms with Crippen molar-refractivity contribution in [2.45, 2.75) is 32.4 Å². The summed E-state index contributed by atoms with van der Waals surface area (Å²) in [6, 6.07) is 9.77. The highest BCUT2D eigenvalue weighted by molar-refractivity contribution is 5.93. The Morgan fingerprint density at radius 1 is 1.32 bits per heavy atom. The van der Waals surface area contributed by atoms with E-state index in [4.69, 9.17) is 0 Å². The minimum Gasteiger partial charge on any atom is -0.348 e. The van der Waals surface area contributed by atoms with E-state index in [2.05, 4.69) is 38.9 Å². The molecule has 1 atom stereocenters. The summed E-state index contributed by atoms with van der Waals surface area (Å²) < 4.78 is 2.20. The number of aryl methyl sites for hydroxylation is 1. The van der Waals surface area contributed by atoms with Gasteiger partial charge in [0.1, 0.15) is 5.69 Å². The van der Waals surface area contributed by atoms with Gasteiger partial charge in [-0.2, -0.15) is 5.10 Å². The van der Waals surface area contributed by atoms with Crippen LogP contribution < -0.4 is 0 Å². The summed E-state index contributed by atoms with van der Waals surface area (Å²) in [6.07, 6.45) is 7.57. The first kappa shape index (κ1) is 15.6. The third-order valence-electron chi connectivity index (χ3n) is 4.67. The largest absolute Gasteiger partial charge is 0.348 e. The predicted octanol–water partition coefficient (Wildman–Crippen LogP) is 2.80. The molecule has 0 fully saturated rings. The fourth-order valence-corrected chi connectivity index (χ4v) is 3.51. The molecular weight excluding hydrogens is 314 g/mol. The smallest absolute Gasteiger partial charge is 0.275 e. The second kappa shape index (κ2) is 6.55. The predicted molar refractivity (Wildman–Crippen MR) is 94.1 cm³/mol. The number of carbonyl (C=O) groups is 1. The van der Waals surface area contributed by atoms with Gasteiger partial charge in [0.25, 0.3) is 5.91 Å². The standard InChI is InChI=1S/C19H21N5O/c1-2-5-15-12-16(22-21-15)19(25)24-11-10-23-9-4-7-17(23)18(24)14-6-3-8-20-13-14/h3-4,6-9,12-13,18H,2,5,10-11H2,1H3,(H,21,22). The topological polar surface area (TPSA) is 66.8 Å². The fraction of sp³-hybridized carbons (Fsp3) is 0.316. The molecule has 1 amide bonds. The van der Waals surface area contributed by atoms with Crippen molar-refractivity contribution in [2.75, 3.05) is 6.54 Å². The van der Waals surface area contributed by atoms with Crippen molar-refractivity contribution >= 4 is 5.91 Å². The molecule has 0 saturated carbocycles. The van der Waals surface area contributed by atoms with Gasteiger partial charge < -0.3 is 9.47 Å². The second-order valence-corrected chi connectivity index (χ2v) is 6.34. The number of fused-ring (bicyclic) bond motifs is 1. The van der Waals surface area contributed by atoms with Gasteiger partial charge in [-0.05, 0) is 36.2 Å². The van der Waals surface area contributed by atoms with Crippen LogP contribution in [-0.4, -0.2) is 37.1 Å². The highest BCUT2D eigenvalue weighted by atomic mass is 16.2. The summed E-state index contributed by atoms with van der Waals surface area (Å²) in [5, 5.41) is 7.22. The van der Waals surface area contributed by atoms with E-state index >= 15 is 0 Å². The van der Waals surface area contributed by atoms with E-state index in [1.54, 1.807) is 6.20 Å². The van der Waals surface area contributed by atoms with E-state index in [1.165, 1.54) is 0 Å². The lowest BCUT2D eigenvalue weighted by atomic mass is 10.0. The van der Waals surface area contributed by atoms with E-state index < -0.39 is 0 Å². The number of aromatic nitrogens is 4. The maximum absolute atomic E-state index is 13.1. The normalized spacial score (nSPS) is 16.7. The minimum atomic E-state index is -0.142. The number of rotatable bonds is 4. The Kier molecular flexibility index (Phi) is 4.09. The van der Waals surface area contributed by atoms with Gasteiger partial charge in [0.2, 0.25) is 0 Å². The molecule has 0 radical (unpaired) electrons. The van der Waals surface area contributed by atoms with Crippen molar-refractivity contribution in [2.24, 2.45) is 0 Å². The zero-order chi connectivity index (χ0) is 17.2. The molecule has 6 nitrogen and oxygen atoms in total. The summed E-state index contributed by atoms with van der Waals surface area (Å²) >= 11 is 0. The van der Waals surface area contributed by atoms with Crippen LogP contribution >= 0.6 is 0 Å². The fourth-order valence-electron chi connectivity index (χ4n) is 3.51. The van der Waals surface area contributed by atoms with Crippen LogP contribution in [0.4, 0.5) is 0 Å². The second-order valence-electron chi connectivity index (χ2n) is 6.34. The van der Waals surface area contributed by atoms with E-state index in [-0.39, 0.29) is 11.9 Å². The van der Waals surface area contributed by atoms with Crippen LogP contribution in [0.25, 0.3) is 0 Å². The Morgan fingerprint density at radius 3 is 3.04 bits per heavy atom. The maximum atomic E-state index is 13.1. The van der Waals surface area contributed by atoms with Crippen LogP contribution in [0.1, 0.15) is 46.8 Å². The van der Waals surface area contributed by atoms with Gasteiger partial charge in [-0.15, -0.1) is 0 Å². The molecule has 128 valence electrons. The molecule has 3 aromatic heterocycles. The highest BCUT2D eigenvalue weighted by Gasteiger charge is 2.33. The van der Waals surface area contributed by atoms with Crippen LogP contribution in [0.5, 0.6) is 0 Å². The van der Waals surface area contributed by atoms with Crippen molar-refractivity contribution in [3.8, 4) is 0 Å². The van der Waals surface area contributed by atoms with Gasteiger partial charge in [-0.3, -0.25) is 14.9 Å². The number of hydrogen-bond donors (Lipinski definition) is 1. The summed E-state index contributed by atoms with van der Waals surface area (Å²) in [7, 11) is 0. The Balaban J connectivity index is 1.70. The average molecular weight is 335 g/mol. The number of nitrogens with one attached hydrogen (secondary N) is 1. The van der Waals surface area contributed by atoms with Crippen molar-refractivity contribution < 1.29 is 4.79 Å². The molecule has 0 spiro atoms. The summed E-state index contributed by atoms with van der Waals surface area (Å²) in [5.41, 5.74) is 3.61. The molecule has 1 aliphatic rings. The van der Waals surface area contributed by atoms with Gasteiger partial charge in [-0.1, -0.05) is 19.4 Å². The van der Waals surface area contributed by atoms with Gasteiger partial charge in [0.15, 0.2) is 0 Å².